The molecule has 1 rings (SSSR count). The Morgan fingerprint density at radius 2 is 2.06 bits per heavy atom. The SMILES string of the molecule is CSCC(C)N(C)C(=O)C1(C)CCNCC1. The first-order chi connectivity index (χ1) is 7.51. The molecule has 0 aromatic heterocycles. The van der Waals surface area contributed by atoms with E-state index in [1.165, 1.54) is 0 Å². The zero-order valence-electron chi connectivity index (χ0n) is 10.9. The van der Waals surface area contributed by atoms with Gasteiger partial charge in [-0.1, -0.05) is 6.92 Å². The maximum absolute atomic E-state index is 12.4. The van der Waals surface area contributed by atoms with Gasteiger partial charge in [0.05, 0.1) is 0 Å². The Kier molecular flexibility index (Phi) is 5.12. The third-order valence-electron chi connectivity index (χ3n) is 3.61. The van der Waals surface area contributed by atoms with Crippen LogP contribution in [0.1, 0.15) is 26.7 Å². The zero-order valence-corrected chi connectivity index (χ0v) is 11.7. The molecule has 1 unspecified atom stereocenters. The van der Waals surface area contributed by atoms with E-state index in [4.69, 9.17) is 0 Å². The first kappa shape index (κ1) is 13.8. The van der Waals surface area contributed by atoms with Crippen LogP contribution in [0.15, 0.2) is 0 Å². The Morgan fingerprint density at radius 1 is 1.50 bits per heavy atom. The van der Waals surface area contributed by atoms with Gasteiger partial charge in [0.15, 0.2) is 0 Å². The summed E-state index contributed by atoms with van der Waals surface area (Å²) in [4.78, 5) is 14.4. The summed E-state index contributed by atoms with van der Waals surface area (Å²) in [6.07, 6.45) is 4.01. The van der Waals surface area contributed by atoms with E-state index in [1.807, 2.05) is 11.9 Å². The number of carbonyl (C=O) groups excluding carboxylic acids is 1. The van der Waals surface area contributed by atoms with Crippen LogP contribution >= 0.6 is 11.8 Å². The largest absolute Gasteiger partial charge is 0.342 e. The van der Waals surface area contributed by atoms with E-state index in [2.05, 4.69) is 25.4 Å². The van der Waals surface area contributed by atoms with Gasteiger partial charge in [-0.15, -0.1) is 0 Å². The molecule has 1 heterocycles. The molecule has 1 atom stereocenters. The molecule has 1 N–H and O–H groups in total. The summed E-state index contributed by atoms with van der Waals surface area (Å²) in [5.41, 5.74) is -0.146. The molecule has 1 fully saturated rings. The van der Waals surface area contributed by atoms with E-state index in [0.29, 0.717) is 11.9 Å². The number of hydrogen-bond acceptors (Lipinski definition) is 3. The van der Waals surface area contributed by atoms with Gasteiger partial charge < -0.3 is 10.2 Å². The third kappa shape index (κ3) is 3.14. The van der Waals surface area contributed by atoms with Crippen LogP contribution in [0.5, 0.6) is 0 Å². The Hall–Kier alpha value is -0.220. The van der Waals surface area contributed by atoms with E-state index in [-0.39, 0.29) is 5.41 Å². The van der Waals surface area contributed by atoms with E-state index < -0.39 is 0 Å². The molecule has 1 saturated heterocycles. The van der Waals surface area contributed by atoms with Crippen LogP contribution in [-0.2, 0) is 4.79 Å². The van der Waals surface area contributed by atoms with Gasteiger partial charge in [0.2, 0.25) is 5.91 Å². The minimum Gasteiger partial charge on any atom is -0.342 e. The van der Waals surface area contributed by atoms with Crippen LogP contribution in [0.3, 0.4) is 0 Å². The minimum atomic E-state index is -0.146. The number of thioether (sulfide) groups is 1. The van der Waals surface area contributed by atoms with Crippen LogP contribution < -0.4 is 5.32 Å². The standard InChI is InChI=1S/C12H24N2OS/c1-10(9-16-4)14(3)11(15)12(2)5-7-13-8-6-12/h10,13H,5-9H2,1-4H3. The molecule has 0 saturated carbocycles. The zero-order chi connectivity index (χ0) is 12.2. The van der Waals surface area contributed by atoms with Crippen molar-refractivity contribution in [2.45, 2.75) is 32.7 Å². The van der Waals surface area contributed by atoms with Crippen molar-refractivity contribution >= 4 is 17.7 Å². The van der Waals surface area contributed by atoms with Gasteiger partial charge in [-0.2, -0.15) is 11.8 Å². The molecule has 1 aliphatic heterocycles. The van der Waals surface area contributed by atoms with Crippen LogP contribution in [0, 0.1) is 5.41 Å². The maximum Gasteiger partial charge on any atom is 0.228 e. The quantitative estimate of drug-likeness (QED) is 0.815. The number of hydrogen-bond donors (Lipinski definition) is 1. The summed E-state index contributed by atoms with van der Waals surface area (Å²) < 4.78 is 0. The van der Waals surface area contributed by atoms with Gasteiger partial charge in [-0.3, -0.25) is 4.79 Å². The Balaban J connectivity index is 2.61. The molecule has 0 spiro atoms. The molecule has 94 valence electrons. The highest BCUT2D eigenvalue weighted by Crippen LogP contribution is 2.30. The van der Waals surface area contributed by atoms with Crippen molar-refractivity contribution in [3.63, 3.8) is 0 Å². The average molecular weight is 244 g/mol. The van der Waals surface area contributed by atoms with E-state index in [1.54, 1.807) is 11.8 Å². The molecular weight excluding hydrogens is 220 g/mol. The molecule has 1 amide bonds. The van der Waals surface area contributed by atoms with Gasteiger partial charge in [-0.25, -0.2) is 0 Å². The summed E-state index contributed by atoms with van der Waals surface area (Å²) in [5.74, 6) is 1.33. The third-order valence-corrected chi connectivity index (χ3v) is 4.43. The van der Waals surface area contributed by atoms with Crippen molar-refractivity contribution in [1.29, 1.82) is 0 Å². The highest BCUT2D eigenvalue weighted by atomic mass is 32.2. The monoisotopic (exact) mass is 244 g/mol. The number of nitrogens with zero attached hydrogens (tertiary/aromatic N) is 1. The summed E-state index contributed by atoms with van der Waals surface area (Å²) in [6.45, 7) is 6.16. The molecule has 1 aliphatic rings. The normalized spacial score (nSPS) is 21.5. The summed E-state index contributed by atoms with van der Waals surface area (Å²) in [7, 11) is 1.94. The summed E-state index contributed by atoms with van der Waals surface area (Å²) in [5, 5.41) is 3.31. The Morgan fingerprint density at radius 3 is 2.56 bits per heavy atom. The van der Waals surface area contributed by atoms with Gasteiger partial charge in [0, 0.05) is 24.3 Å². The second-order valence-electron chi connectivity index (χ2n) is 5.03. The van der Waals surface area contributed by atoms with Gasteiger partial charge >= 0.3 is 0 Å². The van der Waals surface area contributed by atoms with Crippen molar-refractivity contribution < 1.29 is 4.79 Å². The highest BCUT2D eigenvalue weighted by molar-refractivity contribution is 7.98. The lowest BCUT2D eigenvalue weighted by molar-refractivity contribution is -0.142. The van der Waals surface area contributed by atoms with Crippen LogP contribution in [-0.4, -0.2) is 49.0 Å². The smallest absolute Gasteiger partial charge is 0.228 e. The topological polar surface area (TPSA) is 32.3 Å². The highest BCUT2D eigenvalue weighted by Gasteiger charge is 2.37. The minimum absolute atomic E-state index is 0.146. The first-order valence-corrected chi connectivity index (χ1v) is 7.37. The second kappa shape index (κ2) is 5.92. The van der Waals surface area contributed by atoms with Gasteiger partial charge in [0.25, 0.3) is 0 Å². The lowest BCUT2D eigenvalue weighted by Gasteiger charge is -2.38. The van der Waals surface area contributed by atoms with Gasteiger partial charge in [-0.05, 0) is 39.1 Å². The first-order valence-electron chi connectivity index (χ1n) is 5.98. The Bertz CT molecular complexity index is 239. The predicted octanol–water partition coefficient (Wildman–Crippen LogP) is 1.59. The fourth-order valence-corrected chi connectivity index (χ4v) is 2.88. The van der Waals surface area contributed by atoms with Crippen LogP contribution in [0.2, 0.25) is 0 Å². The number of nitrogens with one attached hydrogen (secondary N) is 1. The fourth-order valence-electron chi connectivity index (χ4n) is 2.17. The van der Waals surface area contributed by atoms with Crippen molar-refractivity contribution in [2.75, 3.05) is 32.1 Å². The summed E-state index contributed by atoms with van der Waals surface area (Å²) >= 11 is 1.79. The van der Waals surface area contributed by atoms with Crippen LogP contribution in [0.4, 0.5) is 0 Å². The second-order valence-corrected chi connectivity index (χ2v) is 5.94. The van der Waals surface area contributed by atoms with Crippen molar-refractivity contribution in [2.24, 2.45) is 5.41 Å². The molecule has 0 bridgehead atoms. The molecule has 0 aromatic rings. The van der Waals surface area contributed by atoms with Crippen molar-refractivity contribution in [3.8, 4) is 0 Å². The van der Waals surface area contributed by atoms with Crippen molar-refractivity contribution in [3.05, 3.63) is 0 Å². The maximum atomic E-state index is 12.4. The predicted molar refractivity (Wildman–Crippen MR) is 70.8 cm³/mol. The molecule has 0 radical (unpaired) electrons. The molecular formula is C12H24N2OS. The molecule has 4 heteroatoms. The number of rotatable bonds is 4. The summed E-state index contributed by atoms with van der Waals surface area (Å²) in [6, 6.07) is 0.328. The molecule has 16 heavy (non-hydrogen) atoms. The Labute approximate surface area is 103 Å². The van der Waals surface area contributed by atoms with E-state index in [9.17, 15) is 4.79 Å². The number of amides is 1. The van der Waals surface area contributed by atoms with Crippen LogP contribution in [0.25, 0.3) is 0 Å². The molecule has 0 aliphatic carbocycles. The number of carbonyl (C=O) groups is 1. The fraction of sp³-hybridized carbons (Fsp3) is 0.917. The van der Waals surface area contributed by atoms with Gasteiger partial charge in [0.1, 0.15) is 0 Å². The van der Waals surface area contributed by atoms with E-state index >= 15 is 0 Å². The molecule has 3 nitrogen and oxygen atoms in total. The van der Waals surface area contributed by atoms with Crippen molar-refractivity contribution in [1.82, 2.24) is 10.2 Å². The lowest BCUT2D eigenvalue weighted by atomic mass is 9.79. The molecule has 0 aromatic carbocycles. The number of piperidine rings is 1. The van der Waals surface area contributed by atoms with E-state index in [0.717, 1.165) is 31.7 Å². The lowest BCUT2D eigenvalue weighted by Crippen LogP contribution is -2.49. The average Bonchev–Trinajstić information content (AvgIpc) is 2.28.